The molecule has 0 aliphatic heterocycles. The van der Waals surface area contributed by atoms with E-state index in [0.717, 1.165) is 30.3 Å². The number of likely N-dealkylation sites (N-methyl/N-ethyl adjacent to an activating group) is 1. The molecule has 0 aliphatic rings. The monoisotopic (exact) mass is 278 g/mol. The van der Waals surface area contributed by atoms with E-state index >= 15 is 0 Å². The Labute approximate surface area is 121 Å². The van der Waals surface area contributed by atoms with Crippen LogP contribution in [0.15, 0.2) is 24.4 Å². The lowest BCUT2D eigenvalue weighted by atomic mass is 10.1. The maximum Gasteiger partial charge on any atom is 0.415 e. The molecule has 112 valence electrons. The second kappa shape index (κ2) is 7.90. The standard InChI is InChI=1S/C16H26N2O2/c1-13(2)7-5-10-17(4)12-9-14(3)15-8-6-11-18(15)16(19)20/h6,8-9,11,13H,5,7,10,12H2,1-4H3,(H,19,20)/b14-9+. The Kier molecular flexibility index (Phi) is 6.52. The molecule has 0 atom stereocenters. The fourth-order valence-corrected chi connectivity index (χ4v) is 2.13. The Balaban J connectivity index is 2.52. The van der Waals surface area contributed by atoms with E-state index in [9.17, 15) is 4.79 Å². The van der Waals surface area contributed by atoms with Crippen molar-refractivity contribution in [2.24, 2.45) is 5.92 Å². The van der Waals surface area contributed by atoms with Gasteiger partial charge in [-0.1, -0.05) is 19.9 Å². The fraction of sp³-hybridized carbons (Fsp3) is 0.562. The van der Waals surface area contributed by atoms with Gasteiger partial charge in [0.25, 0.3) is 0 Å². The van der Waals surface area contributed by atoms with E-state index < -0.39 is 6.09 Å². The number of aromatic nitrogens is 1. The van der Waals surface area contributed by atoms with Gasteiger partial charge in [0.1, 0.15) is 0 Å². The van der Waals surface area contributed by atoms with Crippen molar-refractivity contribution in [3.63, 3.8) is 0 Å². The smallest absolute Gasteiger partial charge is 0.415 e. The molecular formula is C16H26N2O2. The topological polar surface area (TPSA) is 45.5 Å². The molecule has 0 fully saturated rings. The molecule has 1 N–H and O–H groups in total. The van der Waals surface area contributed by atoms with E-state index in [-0.39, 0.29) is 0 Å². The molecule has 0 unspecified atom stereocenters. The van der Waals surface area contributed by atoms with E-state index in [4.69, 9.17) is 5.11 Å². The van der Waals surface area contributed by atoms with Crippen molar-refractivity contribution in [2.45, 2.75) is 33.6 Å². The molecule has 0 bridgehead atoms. The fourth-order valence-electron chi connectivity index (χ4n) is 2.13. The average Bonchev–Trinajstić information content (AvgIpc) is 2.84. The van der Waals surface area contributed by atoms with Gasteiger partial charge in [0.2, 0.25) is 0 Å². The van der Waals surface area contributed by atoms with E-state index in [1.54, 1.807) is 12.3 Å². The van der Waals surface area contributed by atoms with E-state index in [2.05, 4.69) is 31.9 Å². The quantitative estimate of drug-likeness (QED) is 0.825. The first-order valence-electron chi connectivity index (χ1n) is 7.18. The molecule has 0 saturated carbocycles. The molecule has 1 aromatic heterocycles. The van der Waals surface area contributed by atoms with Crippen LogP contribution in [0.4, 0.5) is 4.79 Å². The van der Waals surface area contributed by atoms with Crippen LogP contribution in [0, 0.1) is 5.92 Å². The summed E-state index contributed by atoms with van der Waals surface area (Å²) in [6.07, 6.45) is 5.16. The number of hydrogen-bond donors (Lipinski definition) is 1. The number of hydrogen-bond acceptors (Lipinski definition) is 2. The van der Waals surface area contributed by atoms with E-state index in [1.165, 1.54) is 17.4 Å². The van der Waals surface area contributed by atoms with Gasteiger partial charge in [-0.05, 0) is 57.0 Å². The molecule has 1 heterocycles. The van der Waals surface area contributed by atoms with Crippen LogP contribution in [0.2, 0.25) is 0 Å². The van der Waals surface area contributed by atoms with Crippen molar-refractivity contribution in [1.29, 1.82) is 0 Å². The Hall–Kier alpha value is -1.55. The molecule has 1 aromatic rings. The van der Waals surface area contributed by atoms with Gasteiger partial charge in [-0.15, -0.1) is 0 Å². The highest BCUT2D eigenvalue weighted by atomic mass is 16.4. The average molecular weight is 278 g/mol. The number of allylic oxidation sites excluding steroid dienone is 1. The second-order valence-corrected chi connectivity index (χ2v) is 5.73. The number of nitrogens with zero attached hydrogens (tertiary/aromatic N) is 2. The minimum Gasteiger partial charge on any atom is -0.464 e. The predicted molar refractivity (Wildman–Crippen MR) is 83.1 cm³/mol. The van der Waals surface area contributed by atoms with Crippen molar-refractivity contribution in [1.82, 2.24) is 9.47 Å². The zero-order valence-corrected chi connectivity index (χ0v) is 13.0. The van der Waals surface area contributed by atoms with Crippen LogP contribution >= 0.6 is 0 Å². The van der Waals surface area contributed by atoms with Crippen LogP contribution in [-0.4, -0.2) is 40.8 Å². The largest absolute Gasteiger partial charge is 0.464 e. The van der Waals surface area contributed by atoms with Gasteiger partial charge < -0.3 is 10.0 Å². The van der Waals surface area contributed by atoms with Gasteiger partial charge in [0.15, 0.2) is 0 Å². The van der Waals surface area contributed by atoms with Gasteiger partial charge in [0, 0.05) is 12.7 Å². The van der Waals surface area contributed by atoms with E-state index in [0.29, 0.717) is 0 Å². The number of carboxylic acid groups (broad SMARTS) is 1. The van der Waals surface area contributed by atoms with Crippen LogP contribution in [0.1, 0.15) is 39.3 Å². The SMILES string of the molecule is C/C(=C\CN(C)CCCC(C)C)c1cccn1C(=O)O. The lowest BCUT2D eigenvalue weighted by Gasteiger charge is -2.15. The number of carbonyl (C=O) groups is 1. The van der Waals surface area contributed by atoms with Crippen LogP contribution < -0.4 is 0 Å². The second-order valence-electron chi connectivity index (χ2n) is 5.73. The molecule has 0 saturated heterocycles. The Morgan fingerprint density at radius 3 is 2.80 bits per heavy atom. The van der Waals surface area contributed by atoms with Gasteiger partial charge in [-0.2, -0.15) is 0 Å². The molecular weight excluding hydrogens is 252 g/mol. The van der Waals surface area contributed by atoms with Crippen molar-refractivity contribution in [2.75, 3.05) is 20.1 Å². The first kappa shape index (κ1) is 16.5. The molecule has 20 heavy (non-hydrogen) atoms. The lowest BCUT2D eigenvalue weighted by molar-refractivity contribution is 0.196. The highest BCUT2D eigenvalue weighted by Crippen LogP contribution is 2.14. The summed E-state index contributed by atoms with van der Waals surface area (Å²) in [6, 6.07) is 3.59. The molecule has 0 spiro atoms. The summed E-state index contributed by atoms with van der Waals surface area (Å²) in [5.41, 5.74) is 1.74. The van der Waals surface area contributed by atoms with Crippen molar-refractivity contribution < 1.29 is 9.90 Å². The van der Waals surface area contributed by atoms with Gasteiger partial charge in [-0.25, -0.2) is 4.79 Å². The number of rotatable bonds is 7. The van der Waals surface area contributed by atoms with Crippen molar-refractivity contribution in [3.8, 4) is 0 Å². The molecule has 4 nitrogen and oxygen atoms in total. The zero-order valence-electron chi connectivity index (χ0n) is 13.0. The molecule has 0 radical (unpaired) electrons. The van der Waals surface area contributed by atoms with Gasteiger partial charge in [0.05, 0.1) is 5.69 Å². The molecule has 4 heteroatoms. The highest BCUT2D eigenvalue weighted by Gasteiger charge is 2.08. The zero-order chi connectivity index (χ0) is 15.1. The van der Waals surface area contributed by atoms with Crippen LogP contribution in [0.25, 0.3) is 5.57 Å². The molecule has 1 rings (SSSR count). The first-order chi connectivity index (χ1) is 9.41. The summed E-state index contributed by atoms with van der Waals surface area (Å²) in [7, 11) is 2.10. The summed E-state index contributed by atoms with van der Waals surface area (Å²) in [4.78, 5) is 13.3. The normalized spacial score (nSPS) is 12.4. The summed E-state index contributed by atoms with van der Waals surface area (Å²) in [5, 5.41) is 9.07. The summed E-state index contributed by atoms with van der Waals surface area (Å²) >= 11 is 0. The van der Waals surface area contributed by atoms with Crippen LogP contribution in [-0.2, 0) is 0 Å². The lowest BCUT2D eigenvalue weighted by Crippen LogP contribution is -2.20. The highest BCUT2D eigenvalue weighted by molar-refractivity contribution is 5.75. The van der Waals surface area contributed by atoms with Crippen LogP contribution in [0.3, 0.4) is 0 Å². The third-order valence-corrected chi connectivity index (χ3v) is 3.39. The molecule has 0 aliphatic carbocycles. The summed E-state index contributed by atoms with van der Waals surface area (Å²) < 4.78 is 1.25. The van der Waals surface area contributed by atoms with Crippen molar-refractivity contribution in [3.05, 3.63) is 30.1 Å². The maximum atomic E-state index is 11.1. The van der Waals surface area contributed by atoms with E-state index in [1.807, 2.05) is 13.0 Å². The molecule has 0 aromatic carbocycles. The minimum atomic E-state index is -0.942. The maximum absolute atomic E-state index is 11.1. The van der Waals surface area contributed by atoms with Gasteiger partial charge in [-0.3, -0.25) is 4.57 Å². The molecule has 0 amide bonds. The third-order valence-electron chi connectivity index (χ3n) is 3.39. The van der Waals surface area contributed by atoms with Crippen molar-refractivity contribution >= 4 is 11.7 Å². The first-order valence-corrected chi connectivity index (χ1v) is 7.18. The summed E-state index contributed by atoms with van der Waals surface area (Å²) in [6.45, 7) is 8.35. The predicted octanol–water partition coefficient (Wildman–Crippen LogP) is 3.79. The Morgan fingerprint density at radius 1 is 1.50 bits per heavy atom. The van der Waals surface area contributed by atoms with Gasteiger partial charge >= 0.3 is 6.09 Å². The van der Waals surface area contributed by atoms with Crippen LogP contribution in [0.5, 0.6) is 0 Å². The third kappa shape index (κ3) is 5.21. The Morgan fingerprint density at radius 2 is 2.20 bits per heavy atom. The Bertz CT molecular complexity index is 461. The minimum absolute atomic E-state index is 0.744. The summed E-state index contributed by atoms with van der Waals surface area (Å²) in [5.74, 6) is 0.750.